The molecule has 0 bridgehead atoms. The van der Waals surface area contributed by atoms with Crippen molar-refractivity contribution in [3.63, 3.8) is 0 Å². The highest BCUT2D eigenvalue weighted by Crippen LogP contribution is 2.11. The maximum Gasteiger partial charge on any atom is 0.115 e. The fourth-order valence-corrected chi connectivity index (χ4v) is 0.877. The van der Waals surface area contributed by atoms with Crippen molar-refractivity contribution in [3.05, 3.63) is 35.9 Å². The van der Waals surface area contributed by atoms with Crippen molar-refractivity contribution in [1.29, 1.82) is 0 Å². The number of hydrogen-bond donors (Lipinski definition) is 1. The topological polar surface area (TPSA) is 46.0 Å². The molecule has 0 aliphatic rings. The quantitative estimate of drug-likeness (QED) is 0.673. The van der Waals surface area contributed by atoms with E-state index in [2.05, 4.69) is 9.97 Å². The summed E-state index contributed by atoms with van der Waals surface area (Å²) in [5.74, 6) is 0. The molecule has 0 fully saturated rings. The molecule has 3 heteroatoms. The van der Waals surface area contributed by atoms with Gasteiger partial charge in [-0.25, -0.2) is 9.97 Å². The third kappa shape index (κ3) is 2.43. The van der Waals surface area contributed by atoms with E-state index in [9.17, 15) is 5.11 Å². The summed E-state index contributed by atoms with van der Waals surface area (Å²) in [5, 5.41) is 9.52. The van der Waals surface area contributed by atoms with Crippen LogP contribution in [0, 0.1) is 0 Å². The Balaban J connectivity index is 2.79. The lowest BCUT2D eigenvalue weighted by Gasteiger charge is -2.03. The van der Waals surface area contributed by atoms with E-state index in [1.165, 1.54) is 6.33 Å². The van der Waals surface area contributed by atoms with Gasteiger partial charge >= 0.3 is 0 Å². The molecule has 64 valence electrons. The average Bonchev–Trinajstić information content (AvgIpc) is 2.05. The molecule has 0 saturated carbocycles. The lowest BCUT2D eigenvalue weighted by Crippen LogP contribution is -1.97. The largest absolute Gasteiger partial charge is 0.383 e. The molecule has 3 nitrogen and oxygen atoms in total. The molecule has 0 saturated heterocycles. The van der Waals surface area contributed by atoms with E-state index in [1.807, 2.05) is 13.8 Å². The molecule has 0 spiro atoms. The number of nitrogens with zero attached hydrogens (tertiary/aromatic N) is 2. The van der Waals surface area contributed by atoms with Crippen molar-refractivity contribution in [2.24, 2.45) is 0 Å². The predicted molar refractivity (Wildman–Crippen MR) is 46.4 cm³/mol. The standard InChI is InChI=1S/C9H12N2O/c1-7(2)5-9(12)8-3-4-10-6-11-8/h3-6,9,12H,1-2H3. The molecule has 0 amide bonds. The van der Waals surface area contributed by atoms with E-state index in [1.54, 1.807) is 18.3 Å². The summed E-state index contributed by atoms with van der Waals surface area (Å²) in [4.78, 5) is 7.69. The Morgan fingerprint density at radius 1 is 1.58 bits per heavy atom. The number of allylic oxidation sites excluding steroid dienone is 1. The molecule has 1 atom stereocenters. The minimum atomic E-state index is -0.613. The van der Waals surface area contributed by atoms with Gasteiger partial charge in [-0.3, -0.25) is 0 Å². The predicted octanol–water partition coefficient (Wildman–Crippen LogP) is 1.48. The van der Waals surface area contributed by atoms with Gasteiger partial charge in [-0.05, 0) is 19.9 Å². The number of hydrogen-bond acceptors (Lipinski definition) is 3. The molecule has 1 unspecified atom stereocenters. The molecule has 0 aliphatic heterocycles. The Morgan fingerprint density at radius 2 is 2.33 bits per heavy atom. The van der Waals surface area contributed by atoms with Crippen LogP contribution in [0.15, 0.2) is 30.2 Å². The maximum atomic E-state index is 9.52. The van der Waals surface area contributed by atoms with Crippen molar-refractivity contribution in [2.75, 3.05) is 0 Å². The smallest absolute Gasteiger partial charge is 0.115 e. The van der Waals surface area contributed by atoms with Crippen molar-refractivity contribution in [2.45, 2.75) is 20.0 Å². The van der Waals surface area contributed by atoms with Crippen molar-refractivity contribution in [1.82, 2.24) is 9.97 Å². The van der Waals surface area contributed by atoms with Crippen LogP contribution in [-0.2, 0) is 0 Å². The minimum absolute atomic E-state index is 0.613. The molecule has 0 aromatic carbocycles. The Hall–Kier alpha value is -1.22. The molecule has 0 radical (unpaired) electrons. The third-order valence-corrected chi connectivity index (χ3v) is 1.40. The second-order valence-corrected chi connectivity index (χ2v) is 2.82. The van der Waals surface area contributed by atoms with E-state index in [0.717, 1.165) is 5.57 Å². The number of aliphatic hydroxyl groups is 1. The molecule has 12 heavy (non-hydrogen) atoms. The van der Waals surface area contributed by atoms with E-state index >= 15 is 0 Å². The van der Waals surface area contributed by atoms with E-state index in [4.69, 9.17) is 0 Å². The second kappa shape index (κ2) is 3.97. The van der Waals surface area contributed by atoms with Gasteiger partial charge in [0, 0.05) is 6.20 Å². The Kier molecular flexibility index (Phi) is 2.94. The summed E-state index contributed by atoms with van der Waals surface area (Å²) in [6.45, 7) is 3.87. The van der Waals surface area contributed by atoms with Crippen LogP contribution in [0.4, 0.5) is 0 Å². The zero-order chi connectivity index (χ0) is 8.97. The zero-order valence-electron chi connectivity index (χ0n) is 7.23. The van der Waals surface area contributed by atoms with Crippen LogP contribution in [0.2, 0.25) is 0 Å². The maximum absolute atomic E-state index is 9.52. The SMILES string of the molecule is CC(C)=CC(O)c1ccncn1. The average molecular weight is 164 g/mol. The first-order valence-electron chi connectivity index (χ1n) is 3.79. The first kappa shape index (κ1) is 8.87. The molecular weight excluding hydrogens is 152 g/mol. The van der Waals surface area contributed by atoms with Crippen molar-refractivity contribution < 1.29 is 5.11 Å². The molecular formula is C9H12N2O. The first-order chi connectivity index (χ1) is 5.70. The van der Waals surface area contributed by atoms with Gasteiger partial charge in [-0.2, -0.15) is 0 Å². The molecule has 1 heterocycles. The fourth-order valence-electron chi connectivity index (χ4n) is 0.877. The van der Waals surface area contributed by atoms with E-state index in [0.29, 0.717) is 5.69 Å². The highest BCUT2D eigenvalue weighted by Gasteiger charge is 2.03. The number of aromatic nitrogens is 2. The second-order valence-electron chi connectivity index (χ2n) is 2.82. The normalized spacial score (nSPS) is 12.2. The Labute approximate surface area is 71.8 Å². The zero-order valence-corrected chi connectivity index (χ0v) is 7.23. The number of aliphatic hydroxyl groups excluding tert-OH is 1. The van der Waals surface area contributed by atoms with Crippen LogP contribution in [0.5, 0.6) is 0 Å². The molecule has 1 aromatic rings. The molecule has 1 aromatic heterocycles. The lowest BCUT2D eigenvalue weighted by atomic mass is 10.2. The Morgan fingerprint density at radius 3 is 2.83 bits per heavy atom. The van der Waals surface area contributed by atoms with Crippen LogP contribution in [0.3, 0.4) is 0 Å². The first-order valence-corrected chi connectivity index (χ1v) is 3.79. The van der Waals surface area contributed by atoms with Crippen LogP contribution in [-0.4, -0.2) is 15.1 Å². The highest BCUT2D eigenvalue weighted by atomic mass is 16.3. The van der Waals surface area contributed by atoms with Crippen LogP contribution < -0.4 is 0 Å². The Bertz CT molecular complexity index is 265. The van der Waals surface area contributed by atoms with Crippen molar-refractivity contribution in [3.8, 4) is 0 Å². The molecule has 1 rings (SSSR count). The van der Waals surface area contributed by atoms with Gasteiger partial charge in [0.2, 0.25) is 0 Å². The van der Waals surface area contributed by atoms with Crippen LogP contribution in [0.25, 0.3) is 0 Å². The number of rotatable bonds is 2. The van der Waals surface area contributed by atoms with Crippen LogP contribution in [0.1, 0.15) is 25.6 Å². The minimum Gasteiger partial charge on any atom is -0.383 e. The van der Waals surface area contributed by atoms with Gasteiger partial charge in [0.1, 0.15) is 12.4 Å². The van der Waals surface area contributed by atoms with Crippen LogP contribution >= 0.6 is 0 Å². The van der Waals surface area contributed by atoms with Gasteiger partial charge in [0.05, 0.1) is 5.69 Å². The summed E-state index contributed by atoms with van der Waals surface area (Å²) in [7, 11) is 0. The van der Waals surface area contributed by atoms with E-state index in [-0.39, 0.29) is 0 Å². The fraction of sp³-hybridized carbons (Fsp3) is 0.333. The summed E-state index contributed by atoms with van der Waals surface area (Å²) < 4.78 is 0. The summed E-state index contributed by atoms with van der Waals surface area (Å²) in [6.07, 6.45) is 4.18. The van der Waals surface area contributed by atoms with Gasteiger partial charge in [-0.1, -0.05) is 11.6 Å². The van der Waals surface area contributed by atoms with Gasteiger partial charge in [-0.15, -0.1) is 0 Å². The lowest BCUT2D eigenvalue weighted by molar-refractivity contribution is 0.222. The molecule has 0 aliphatic carbocycles. The molecule has 1 N–H and O–H groups in total. The van der Waals surface area contributed by atoms with Crippen molar-refractivity contribution >= 4 is 0 Å². The summed E-state index contributed by atoms with van der Waals surface area (Å²) in [5.41, 5.74) is 1.70. The monoisotopic (exact) mass is 164 g/mol. The summed E-state index contributed by atoms with van der Waals surface area (Å²) >= 11 is 0. The van der Waals surface area contributed by atoms with E-state index < -0.39 is 6.10 Å². The van der Waals surface area contributed by atoms with Gasteiger partial charge in [0.25, 0.3) is 0 Å². The summed E-state index contributed by atoms with van der Waals surface area (Å²) in [6, 6.07) is 1.70. The third-order valence-electron chi connectivity index (χ3n) is 1.40. The van der Waals surface area contributed by atoms with Gasteiger partial charge in [0.15, 0.2) is 0 Å². The van der Waals surface area contributed by atoms with Gasteiger partial charge < -0.3 is 5.11 Å². The highest BCUT2D eigenvalue weighted by molar-refractivity contribution is 5.11.